The third-order valence-corrected chi connectivity index (χ3v) is 11.1. The van der Waals surface area contributed by atoms with Gasteiger partial charge in [0.2, 0.25) is 5.89 Å². The van der Waals surface area contributed by atoms with Crippen LogP contribution in [-0.4, -0.2) is 4.98 Å². The second-order valence-corrected chi connectivity index (χ2v) is 14.4. The van der Waals surface area contributed by atoms with Crippen molar-refractivity contribution in [1.82, 2.24) is 4.98 Å². The summed E-state index contributed by atoms with van der Waals surface area (Å²) >= 11 is 0. The normalized spacial score (nSPS) is 13.3. The average molecular weight is 669 g/mol. The van der Waals surface area contributed by atoms with Gasteiger partial charge in [0.1, 0.15) is 16.7 Å². The zero-order chi connectivity index (χ0) is 34.6. The van der Waals surface area contributed by atoms with Crippen LogP contribution >= 0.6 is 0 Å². The molecule has 0 saturated heterocycles. The summed E-state index contributed by atoms with van der Waals surface area (Å²) in [7, 11) is 0. The van der Waals surface area contributed by atoms with Gasteiger partial charge >= 0.3 is 0 Å². The molecular weight excluding hydrogens is 637 g/mol. The Kier molecular flexibility index (Phi) is 5.98. The standard InChI is InChI=1S/C48H32N2O2/c1-48(2)40-14-8-6-12-35(40)38-27-33(21-23-41(38)48)50(34-22-25-44-39(28-34)36-13-7-9-15-43(36)51-44)32-20-18-29-16-17-30-19-24-42-46(45(30)37(29)26-32)52-47(49-42)31-10-4-3-5-11-31/h3-28H,1-2H3. The summed E-state index contributed by atoms with van der Waals surface area (Å²) in [6, 6.07) is 56.1. The quantitative estimate of drug-likeness (QED) is 0.175. The predicted octanol–water partition coefficient (Wildman–Crippen LogP) is 13.5. The molecule has 246 valence electrons. The smallest absolute Gasteiger partial charge is 0.227 e. The summed E-state index contributed by atoms with van der Waals surface area (Å²) in [5.74, 6) is 0.625. The van der Waals surface area contributed by atoms with E-state index in [0.29, 0.717) is 5.89 Å². The van der Waals surface area contributed by atoms with Crippen molar-refractivity contribution in [3.63, 3.8) is 0 Å². The third-order valence-electron chi connectivity index (χ3n) is 11.1. The van der Waals surface area contributed by atoms with E-state index in [-0.39, 0.29) is 5.41 Å². The number of oxazole rings is 1. The molecule has 0 spiro atoms. The molecule has 0 saturated carbocycles. The summed E-state index contributed by atoms with van der Waals surface area (Å²) < 4.78 is 12.9. The summed E-state index contributed by atoms with van der Waals surface area (Å²) in [6.07, 6.45) is 0. The van der Waals surface area contributed by atoms with E-state index in [4.69, 9.17) is 13.8 Å². The number of nitrogens with zero attached hydrogens (tertiary/aromatic N) is 2. The van der Waals surface area contributed by atoms with Crippen LogP contribution in [0, 0.1) is 0 Å². The first-order valence-electron chi connectivity index (χ1n) is 17.8. The van der Waals surface area contributed by atoms with Gasteiger partial charge in [0, 0.05) is 44.2 Å². The van der Waals surface area contributed by atoms with Crippen LogP contribution in [-0.2, 0) is 5.41 Å². The maximum Gasteiger partial charge on any atom is 0.227 e. The topological polar surface area (TPSA) is 42.4 Å². The zero-order valence-corrected chi connectivity index (χ0v) is 28.7. The number of fused-ring (bicyclic) bond motifs is 11. The van der Waals surface area contributed by atoms with Crippen LogP contribution in [0.1, 0.15) is 25.0 Å². The molecule has 0 bridgehead atoms. The molecule has 4 heteroatoms. The molecule has 1 aliphatic rings. The zero-order valence-electron chi connectivity index (χ0n) is 28.7. The lowest BCUT2D eigenvalue weighted by Gasteiger charge is -2.27. The fraction of sp³-hybridized carbons (Fsp3) is 0.0625. The molecule has 0 amide bonds. The van der Waals surface area contributed by atoms with Crippen molar-refractivity contribution >= 4 is 71.6 Å². The van der Waals surface area contributed by atoms with E-state index in [1.54, 1.807) is 0 Å². The molecule has 8 aromatic carbocycles. The molecule has 2 heterocycles. The molecule has 1 aliphatic carbocycles. The molecule has 0 radical (unpaired) electrons. The number of hydrogen-bond acceptors (Lipinski definition) is 4. The summed E-state index contributed by atoms with van der Waals surface area (Å²) in [5.41, 5.74) is 12.8. The van der Waals surface area contributed by atoms with E-state index in [0.717, 1.165) is 77.2 Å². The van der Waals surface area contributed by atoms with Crippen LogP contribution in [0.3, 0.4) is 0 Å². The number of hydrogen-bond donors (Lipinski definition) is 0. The highest BCUT2D eigenvalue weighted by molar-refractivity contribution is 6.19. The fourth-order valence-electron chi connectivity index (χ4n) is 8.50. The van der Waals surface area contributed by atoms with E-state index in [9.17, 15) is 0 Å². The summed E-state index contributed by atoms with van der Waals surface area (Å²) in [6.45, 7) is 4.66. The lowest BCUT2D eigenvalue weighted by atomic mass is 9.82. The van der Waals surface area contributed by atoms with Crippen LogP contribution in [0.2, 0.25) is 0 Å². The van der Waals surface area contributed by atoms with Crippen molar-refractivity contribution in [3.8, 4) is 22.6 Å². The van der Waals surface area contributed by atoms with Crippen LogP contribution in [0.5, 0.6) is 0 Å². The Balaban J connectivity index is 1.17. The number of anilines is 3. The Morgan fingerprint density at radius 1 is 0.500 bits per heavy atom. The van der Waals surface area contributed by atoms with Gasteiger partial charge in [0.05, 0.1) is 0 Å². The lowest BCUT2D eigenvalue weighted by Crippen LogP contribution is -2.15. The number of rotatable bonds is 4. The molecule has 0 fully saturated rings. The Bertz CT molecular complexity index is 3060. The third kappa shape index (κ3) is 4.18. The highest BCUT2D eigenvalue weighted by Crippen LogP contribution is 2.51. The van der Waals surface area contributed by atoms with Crippen molar-refractivity contribution < 1.29 is 8.83 Å². The van der Waals surface area contributed by atoms with Crippen LogP contribution in [0.15, 0.2) is 167 Å². The summed E-state index contributed by atoms with van der Waals surface area (Å²) in [5, 5.41) is 6.63. The Hall–Kier alpha value is -6.65. The van der Waals surface area contributed by atoms with Crippen molar-refractivity contribution in [2.24, 2.45) is 0 Å². The molecule has 0 aliphatic heterocycles. The van der Waals surface area contributed by atoms with Crippen LogP contribution in [0.25, 0.3) is 77.2 Å². The predicted molar refractivity (Wildman–Crippen MR) is 214 cm³/mol. The monoisotopic (exact) mass is 668 g/mol. The molecule has 11 rings (SSSR count). The van der Waals surface area contributed by atoms with E-state index in [2.05, 4.69) is 134 Å². The van der Waals surface area contributed by atoms with Crippen molar-refractivity contribution in [3.05, 3.63) is 169 Å². The molecule has 10 aromatic rings. The van der Waals surface area contributed by atoms with Gasteiger partial charge in [-0.2, -0.15) is 0 Å². The number of aromatic nitrogens is 1. The highest BCUT2D eigenvalue weighted by atomic mass is 16.3. The van der Waals surface area contributed by atoms with Gasteiger partial charge < -0.3 is 13.7 Å². The molecular formula is C48H32N2O2. The van der Waals surface area contributed by atoms with Gasteiger partial charge in [0.15, 0.2) is 5.58 Å². The van der Waals surface area contributed by atoms with Gasteiger partial charge in [-0.3, -0.25) is 0 Å². The number of furan rings is 1. The van der Waals surface area contributed by atoms with Gasteiger partial charge in [-0.1, -0.05) is 105 Å². The summed E-state index contributed by atoms with van der Waals surface area (Å²) in [4.78, 5) is 7.30. The molecule has 0 unspecified atom stereocenters. The lowest BCUT2D eigenvalue weighted by molar-refractivity contribution is 0.623. The van der Waals surface area contributed by atoms with Crippen molar-refractivity contribution in [2.45, 2.75) is 19.3 Å². The second-order valence-electron chi connectivity index (χ2n) is 14.4. The second kappa shape index (κ2) is 10.7. The minimum absolute atomic E-state index is 0.0766. The molecule has 4 nitrogen and oxygen atoms in total. The largest absolute Gasteiger partial charge is 0.456 e. The van der Waals surface area contributed by atoms with E-state index >= 15 is 0 Å². The SMILES string of the molecule is CC1(C)c2ccccc2-c2cc(N(c3ccc4oc5ccccc5c4c3)c3ccc4ccc5ccc6nc(-c7ccccc7)oc6c5c4c3)ccc21. The van der Waals surface area contributed by atoms with Gasteiger partial charge in [0.25, 0.3) is 0 Å². The minimum atomic E-state index is -0.0766. The first-order valence-corrected chi connectivity index (χ1v) is 17.8. The van der Waals surface area contributed by atoms with E-state index < -0.39 is 0 Å². The van der Waals surface area contributed by atoms with E-state index in [1.807, 2.05) is 42.5 Å². The van der Waals surface area contributed by atoms with Crippen LogP contribution < -0.4 is 4.90 Å². The average Bonchev–Trinajstić information content (AvgIpc) is 3.86. The van der Waals surface area contributed by atoms with Crippen LogP contribution in [0.4, 0.5) is 17.1 Å². The maximum absolute atomic E-state index is 6.59. The van der Waals surface area contributed by atoms with E-state index in [1.165, 1.54) is 22.3 Å². The molecule has 2 aromatic heterocycles. The van der Waals surface area contributed by atoms with Crippen molar-refractivity contribution in [2.75, 3.05) is 4.90 Å². The number of benzene rings is 8. The maximum atomic E-state index is 6.59. The molecule has 0 N–H and O–H groups in total. The minimum Gasteiger partial charge on any atom is -0.456 e. The highest BCUT2D eigenvalue weighted by Gasteiger charge is 2.35. The first kappa shape index (κ1) is 29.1. The Labute approximate surface area is 300 Å². The first-order chi connectivity index (χ1) is 25.5. The fourth-order valence-corrected chi connectivity index (χ4v) is 8.50. The molecule has 0 atom stereocenters. The van der Waals surface area contributed by atoms with Gasteiger partial charge in [-0.15, -0.1) is 0 Å². The Morgan fingerprint density at radius 2 is 1.15 bits per heavy atom. The molecule has 52 heavy (non-hydrogen) atoms. The van der Waals surface area contributed by atoms with Gasteiger partial charge in [-0.25, -0.2) is 4.98 Å². The van der Waals surface area contributed by atoms with Gasteiger partial charge in [-0.05, 0) is 105 Å². The Morgan fingerprint density at radius 3 is 2.06 bits per heavy atom. The number of para-hydroxylation sites is 1. The van der Waals surface area contributed by atoms with Crippen molar-refractivity contribution in [1.29, 1.82) is 0 Å².